The number of sulfonamides is 1. The topological polar surface area (TPSA) is 72.9 Å². The summed E-state index contributed by atoms with van der Waals surface area (Å²) in [5.74, 6) is 0.890. The predicted molar refractivity (Wildman–Crippen MR) is 119 cm³/mol. The third-order valence-corrected chi connectivity index (χ3v) is 8.51. The number of rotatable bonds is 3. The number of carbonyl (C=O) groups excluding carboxylic acids is 1. The molecule has 31 heavy (non-hydrogen) atoms. The van der Waals surface area contributed by atoms with Gasteiger partial charge in [0.15, 0.2) is 5.78 Å². The Morgan fingerprint density at radius 3 is 2.32 bits per heavy atom. The maximum absolute atomic E-state index is 13.4. The number of halogens is 1. The Kier molecular flexibility index (Phi) is 5.56. The van der Waals surface area contributed by atoms with Crippen LogP contribution in [0.3, 0.4) is 0 Å². The van der Waals surface area contributed by atoms with Crippen LogP contribution in [-0.4, -0.2) is 44.3 Å². The normalized spacial score (nSPS) is 18.5. The minimum Gasteiger partial charge on any atom is -0.495 e. The predicted octanol–water partition coefficient (Wildman–Crippen LogP) is 4.46. The number of fused-ring (bicyclic) bond motifs is 1. The first kappa shape index (κ1) is 22.1. The zero-order chi connectivity index (χ0) is 22.6. The van der Waals surface area contributed by atoms with Crippen molar-refractivity contribution in [3.63, 3.8) is 0 Å². The molecule has 1 fully saturated rings. The Morgan fingerprint density at radius 1 is 1.03 bits per heavy atom. The second-order valence-electron chi connectivity index (χ2n) is 8.48. The minimum absolute atomic E-state index is 0.0148. The van der Waals surface area contributed by atoms with E-state index in [4.69, 9.17) is 21.1 Å². The van der Waals surface area contributed by atoms with E-state index in [2.05, 4.69) is 0 Å². The third-order valence-electron chi connectivity index (χ3n) is 6.37. The van der Waals surface area contributed by atoms with Crippen molar-refractivity contribution in [3.05, 3.63) is 51.5 Å². The van der Waals surface area contributed by atoms with Crippen LogP contribution in [0.15, 0.2) is 29.2 Å². The Bertz CT molecular complexity index is 1170. The molecule has 2 aromatic carbocycles. The number of Topliss-reactive ketones (excluding diaryl/α,β-unsaturated/α-hetero) is 1. The van der Waals surface area contributed by atoms with E-state index in [0.717, 1.165) is 16.7 Å². The van der Waals surface area contributed by atoms with E-state index < -0.39 is 15.6 Å². The van der Waals surface area contributed by atoms with Gasteiger partial charge in [-0.3, -0.25) is 4.79 Å². The number of aryl methyl sites for hydroxylation is 3. The highest BCUT2D eigenvalue weighted by Gasteiger charge is 2.45. The molecule has 0 atom stereocenters. The first-order valence-electron chi connectivity index (χ1n) is 10.2. The van der Waals surface area contributed by atoms with Crippen LogP contribution < -0.4 is 9.47 Å². The number of hydrogen-bond acceptors (Lipinski definition) is 5. The quantitative estimate of drug-likeness (QED) is 0.671. The molecule has 6 nitrogen and oxygen atoms in total. The summed E-state index contributed by atoms with van der Waals surface area (Å²) in [6.07, 6.45) is 1.10. The molecular weight excluding hydrogens is 438 g/mol. The standard InChI is InChI=1S/C23H26ClNO5S/c1-14-10-20(29-4)21(11-15(14)2)31(27,28)25-7-5-23(6-8-25)13-19(26)18-12-17(24)9-16(3)22(18)30-23/h9-12H,5-8,13H2,1-4H3. The van der Waals surface area contributed by atoms with Crippen molar-refractivity contribution in [2.45, 2.75) is 50.5 Å². The molecule has 2 heterocycles. The molecule has 0 N–H and O–H groups in total. The first-order chi connectivity index (χ1) is 14.6. The fourth-order valence-corrected chi connectivity index (χ4v) is 6.33. The maximum Gasteiger partial charge on any atom is 0.246 e. The molecule has 0 radical (unpaired) electrons. The number of nitrogens with zero attached hydrogens (tertiary/aromatic N) is 1. The van der Waals surface area contributed by atoms with Crippen LogP contribution in [0.5, 0.6) is 11.5 Å². The first-order valence-corrected chi connectivity index (χ1v) is 12.1. The average Bonchev–Trinajstić information content (AvgIpc) is 2.71. The Morgan fingerprint density at radius 2 is 1.68 bits per heavy atom. The van der Waals surface area contributed by atoms with Gasteiger partial charge in [0.1, 0.15) is 22.0 Å². The lowest BCUT2D eigenvalue weighted by molar-refractivity contribution is 0.00535. The molecule has 1 saturated heterocycles. The van der Waals surface area contributed by atoms with Gasteiger partial charge in [-0.05, 0) is 61.7 Å². The molecular formula is C23H26ClNO5S. The molecule has 0 aliphatic carbocycles. The van der Waals surface area contributed by atoms with Crippen LogP contribution in [-0.2, 0) is 10.0 Å². The van der Waals surface area contributed by atoms with E-state index in [1.807, 2.05) is 20.8 Å². The molecule has 2 aliphatic rings. The van der Waals surface area contributed by atoms with Crippen LogP contribution in [0.2, 0.25) is 5.02 Å². The van der Waals surface area contributed by atoms with E-state index in [0.29, 0.717) is 34.9 Å². The van der Waals surface area contributed by atoms with Crippen molar-refractivity contribution in [3.8, 4) is 11.5 Å². The summed E-state index contributed by atoms with van der Waals surface area (Å²) in [6, 6.07) is 6.84. The van der Waals surface area contributed by atoms with Gasteiger partial charge in [-0.1, -0.05) is 11.6 Å². The van der Waals surface area contributed by atoms with E-state index >= 15 is 0 Å². The van der Waals surface area contributed by atoms with Gasteiger partial charge >= 0.3 is 0 Å². The van der Waals surface area contributed by atoms with Gasteiger partial charge in [0.25, 0.3) is 0 Å². The molecule has 2 aromatic rings. The number of methoxy groups -OCH3 is 1. The maximum atomic E-state index is 13.4. The minimum atomic E-state index is -3.74. The summed E-state index contributed by atoms with van der Waals surface area (Å²) in [5.41, 5.74) is 2.48. The largest absolute Gasteiger partial charge is 0.495 e. The van der Waals surface area contributed by atoms with Crippen LogP contribution in [0.25, 0.3) is 0 Å². The monoisotopic (exact) mass is 463 g/mol. The van der Waals surface area contributed by atoms with Crippen LogP contribution in [0.4, 0.5) is 0 Å². The Balaban J connectivity index is 1.59. The van der Waals surface area contributed by atoms with Gasteiger partial charge in [0, 0.05) is 31.0 Å². The molecule has 1 spiro atoms. The van der Waals surface area contributed by atoms with Gasteiger partial charge < -0.3 is 9.47 Å². The van der Waals surface area contributed by atoms with Crippen molar-refractivity contribution < 1.29 is 22.7 Å². The van der Waals surface area contributed by atoms with E-state index in [1.54, 1.807) is 24.3 Å². The summed E-state index contributed by atoms with van der Waals surface area (Å²) in [5, 5.41) is 0.507. The van der Waals surface area contributed by atoms with Crippen molar-refractivity contribution in [1.82, 2.24) is 4.31 Å². The number of benzene rings is 2. The Labute approximate surface area is 188 Å². The highest BCUT2D eigenvalue weighted by molar-refractivity contribution is 7.89. The van der Waals surface area contributed by atoms with Crippen LogP contribution in [0, 0.1) is 20.8 Å². The van der Waals surface area contributed by atoms with Crippen molar-refractivity contribution >= 4 is 27.4 Å². The van der Waals surface area contributed by atoms with Crippen molar-refractivity contribution in [2.24, 2.45) is 0 Å². The van der Waals surface area contributed by atoms with E-state index in [9.17, 15) is 13.2 Å². The Hall–Kier alpha value is -2.09. The lowest BCUT2D eigenvalue weighted by Crippen LogP contribution is -2.52. The van der Waals surface area contributed by atoms with Gasteiger partial charge in [-0.15, -0.1) is 0 Å². The van der Waals surface area contributed by atoms with E-state index in [-0.39, 0.29) is 30.2 Å². The van der Waals surface area contributed by atoms with Gasteiger partial charge in [0.2, 0.25) is 10.0 Å². The van der Waals surface area contributed by atoms with Crippen LogP contribution >= 0.6 is 11.6 Å². The van der Waals surface area contributed by atoms with E-state index in [1.165, 1.54) is 11.4 Å². The SMILES string of the molecule is COc1cc(C)c(C)cc1S(=O)(=O)N1CCC2(CC1)CC(=O)c1cc(Cl)cc(C)c1O2. The van der Waals surface area contributed by atoms with Gasteiger partial charge in [-0.2, -0.15) is 4.31 Å². The van der Waals surface area contributed by atoms with Crippen molar-refractivity contribution in [1.29, 1.82) is 0 Å². The molecule has 0 amide bonds. The number of ketones is 1. The highest BCUT2D eigenvalue weighted by Crippen LogP contribution is 2.43. The summed E-state index contributed by atoms with van der Waals surface area (Å²) in [7, 11) is -2.26. The molecule has 0 bridgehead atoms. The summed E-state index contributed by atoms with van der Waals surface area (Å²) < 4.78 is 39.9. The lowest BCUT2D eigenvalue weighted by Gasteiger charge is -2.44. The average molecular weight is 464 g/mol. The molecule has 0 unspecified atom stereocenters. The fraction of sp³-hybridized carbons (Fsp3) is 0.435. The lowest BCUT2D eigenvalue weighted by atomic mass is 9.82. The number of carbonyl (C=O) groups is 1. The number of piperidine rings is 1. The zero-order valence-corrected chi connectivity index (χ0v) is 19.7. The summed E-state index contributed by atoms with van der Waals surface area (Å²) in [6.45, 7) is 6.21. The molecule has 0 aromatic heterocycles. The highest BCUT2D eigenvalue weighted by atomic mass is 35.5. The summed E-state index contributed by atoms with van der Waals surface area (Å²) >= 11 is 6.11. The smallest absolute Gasteiger partial charge is 0.246 e. The van der Waals surface area contributed by atoms with Gasteiger partial charge in [0.05, 0.1) is 19.1 Å². The summed E-state index contributed by atoms with van der Waals surface area (Å²) in [4.78, 5) is 13.0. The molecule has 2 aliphatic heterocycles. The molecule has 8 heteroatoms. The number of hydrogen-bond donors (Lipinski definition) is 0. The fourth-order valence-electron chi connectivity index (χ4n) is 4.39. The second kappa shape index (κ2) is 7.80. The molecule has 166 valence electrons. The number of ether oxygens (including phenoxy) is 2. The molecule has 0 saturated carbocycles. The van der Waals surface area contributed by atoms with Gasteiger partial charge in [-0.25, -0.2) is 8.42 Å². The van der Waals surface area contributed by atoms with Crippen LogP contribution in [0.1, 0.15) is 46.3 Å². The zero-order valence-electron chi connectivity index (χ0n) is 18.1. The molecule has 4 rings (SSSR count). The third kappa shape index (κ3) is 3.83. The van der Waals surface area contributed by atoms with Crippen molar-refractivity contribution in [2.75, 3.05) is 20.2 Å². The second-order valence-corrected chi connectivity index (χ2v) is 10.8.